The summed E-state index contributed by atoms with van der Waals surface area (Å²) in [5, 5.41) is 13.6. The van der Waals surface area contributed by atoms with Gasteiger partial charge in [0, 0.05) is 32.5 Å². The highest BCUT2D eigenvalue weighted by atomic mass is 16.5. The van der Waals surface area contributed by atoms with Gasteiger partial charge < -0.3 is 9.84 Å². The highest BCUT2D eigenvalue weighted by Gasteiger charge is 2.22. The summed E-state index contributed by atoms with van der Waals surface area (Å²) in [6.45, 7) is 11.3. The first-order valence-electron chi connectivity index (χ1n) is 9.45. The Morgan fingerprint density at radius 1 is 1.44 bits per heavy atom. The number of allylic oxidation sites excluding steroid dienone is 3. The summed E-state index contributed by atoms with van der Waals surface area (Å²) in [6.07, 6.45) is 11.6. The van der Waals surface area contributed by atoms with Crippen molar-refractivity contribution in [2.75, 3.05) is 20.2 Å². The van der Waals surface area contributed by atoms with Gasteiger partial charge in [0.2, 0.25) is 0 Å². The second-order valence-corrected chi connectivity index (χ2v) is 6.74. The van der Waals surface area contributed by atoms with E-state index in [1.807, 2.05) is 18.4 Å². The fourth-order valence-electron chi connectivity index (χ4n) is 3.23. The van der Waals surface area contributed by atoms with E-state index < -0.39 is 6.23 Å². The number of ether oxygens (including phenoxy) is 1. The Kier molecular flexibility index (Phi) is 8.58. The molecule has 5 nitrogen and oxygen atoms in total. The fourth-order valence-corrected chi connectivity index (χ4v) is 3.23. The van der Waals surface area contributed by atoms with Gasteiger partial charge in [0.1, 0.15) is 6.23 Å². The number of aliphatic imine (C=N–C) groups is 2. The Balaban J connectivity index is 1.95. The molecule has 0 saturated heterocycles. The van der Waals surface area contributed by atoms with E-state index in [2.05, 4.69) is 30.4 Å². The number of hydrogen-bond acceptors (Lipinski definition) is 5. The van der Waals surface area contributed by atoms with Crippen LogP contribution in [0.2, 0.25) is 0 Å². The van der Waals surface area contributed by atoms with Crippen LogP contribution in [0.25, 0.3) is 0 Å². The minimum atomic E-state index is -0.656. The van der Waals surface area contributed by atoms with E-state index in [1.165, 1.54) is 16.7 Å². The van der Waals surface area contributed by atoms with Crippen LogP contribution in [0.5, 0.6) is 0 Å². The number of nitrogens with one attached hydrogen (secondary N) is 1. The molecule has 0 amide bonds. The van der Waals surface area contributed by atoms with Crippen LogP contribution >= 0.6 is 0 Å². The van der Waals surface area contributed by atoms with Crippen molar-refractivity contribution in [2.45, 2.75) is 44.9 Å². The maximum Gasteiger partial charge on any atom is 0.108 e. The van der Waals surface area contributed by atoms with Crippen molar-refractivity contribution >= 4 is 11.9 Å². The molecule has 0 spiro atoms. The molecular formula is C22H31N3O2. The first-order valence-corrected chi connectivity index (χ1v) is 9.45. The third-order valence-corrected chi connectivity index (χ3v) is 4.81. The lowest BCUT2D eigenvalue weighted by atomic mass is 9.96. The molecule has 2 aliphatic rings. The smallest absolute Gasteiger partial charge is 0.108 e. The van der Waals surface area contributed by atoms with E-state index in [0.29, 0.717) is 19.4 Å². The monoisotopic (exact) mass is 369 g/mol. The molecule has 5 heteroatoms. The lowest BCUT2D eigenvalue weighted by Gasteiger charge is -2.19. The summed E-state index contributed by atoms with van der Waals surface area (Å²) in [5.74, 6) is 0. The summed E-state index contributed by atoms with van der Waals surface area (Å²) < 4.78 is 5.29. The minimum Gasteiger partial charge on any atom is -0.378 e. The maximum absolute atomic E-state index is 10.4. The normalized spacial score (nSPS) is 18.8. The summed E-state index contributed by atoms with van der Waals surface area (Å²) in [4.78, 5) is 8.91. The van der Waals surface area contributed by atoms with Gasteiger partial charge in [0.25, 0.3) is 0 Å². The van der Waals surface area contributed by atoms with Crippen LogP contribution in [-0.2, 0) is 4.74 Å². The Hall–Kier alpha value is -2.08. The highest BCUT2D eigenvalue weighted by molar-refractivity contribution is 6.16. The van der Waals surface area contributed by atoms with E-state index in [-0.39, 0.29) is 6.10 Å². The van der Waals surface area contributed by atoms with Gasteiger partial charge in [-0.2, -0.15) is 0 Å². The molecule has 2 heterocycles. The first kappa shape index (κ1) is 21.2. The molecule has 0 aromatic carbocycles. The van der Waals surface area contributed by atoms with E-state index in [1.54, 1.807) is 19.4 Å². The number of aliphatic hydroxyl groups is 1. The van der Waals surface area contributed by atoms with Gasteiger partial charge in [-0.15, -0.1) is 6.58 Å². The number of aliphatic hydroxyl groups excluding tert-OH is 1. The molecule has 2 atom stereocenters. The number of hydrogen-bond donors (Lipinski definition) is 2. The molecule has 146 valence electrons. The average molecular weight is 370 g/mol. The van der Waals surface area contributed by atoms with Gasteiger partial charge in [-0.05, 0) is 42.1 Å². The molecule has 0 bridgehead atoms. The number of nitrogens with zero attached hydrogens (tertiary/aromatic N) is 2. The van der Waals surface area contributed by atoms with Gasteiger partial charge in [-0.1, -0.05) is 31.2 Å². The van der Waals surface area contributed by atoms with E-state index in [0.717, 1.165) is 30.7 Å². The van der Waals surface area contributed by atoms with Crippen molar-refractivity contribution in [3.8, 4) is 0 Å². The molecule has 27 heavy (non-hydrogen) atoms. The molecule has 2 rings (SSSR count). The predicted octanol–water partition coefficient (Wildman–Crippen LogP) is 3.51. The van der Waals surface area contributed by atoms with Gasteiger partial charge in [0.15, 0.2) is 0 Å². The van der Waals surface area contributed by atoms with Gasteiger partial charge in [-0.3, -0.25) is 15.3 Å². The first-order chi connectivity index (χ1) is 13.1. The van der Waals surface area contributed by atoms with Crippen LogP contribution in [-0.4, -0.2) is 49.6 Å². The van der Waals surface area contributed by atoms with Crippen molar-refractivity contribution in [1.29, 1.82) is 0 Å². The average Bonchev–Trinajstić information content (AvgIpc) is 2.88. The highest BCUT2D eigenvalue weighted by Crippen LogP contribution is 2.24. The zero-order valence-electron chi connectivity index (χ0n) is 16.4. The second kappa shape index (κ2) is 10.9. The third-order valence-electron chi connectivity index (χ3n) is 4.81. The topological polar surface area (TPSA) is 66.2 Å². The lowest BCUT2D eigenvalue weighted by molar-refractivity contribution is 0.125. The maximum atomic E-state index is 10.4. The number of methoxy groups -OCH3 is 1. The molecular weight excluding hydrogens is 338 g/mol. The van der Waals surface area contributed by atoms with Crippen molar-refractivity contribution in [2.24, 2.45) is 9.98 Å². The molecule has 0 aliphatic carbocycles. The summed E-state index contributed by atoms with van der Waals surface area (Å²) in [5.41, 5.74) is 5.65. The molecule has 0 aromatic heterocycles. The molecule has 0 saturated carbocycles. The van der Waals surface area contributed by atoms with Crippen molar-refractivity contribution in [3.63, 3.8) is 0 Å². The zero-order chi connectivity index (χ0) is 19.6. The minimum absolute atomic E-state index is 0.0652. The second-order valence-electron chi connectivity index (χ2n) is 6.74. The van der Waals surface area contributed by atoms with Crippen LogP contribution in [0.15, 0.2) is 69.9 Å². The molecule has 0 aromatic rings. The van der Waals surface area contributed by atoms with E-state index >= 15 is 0 Å². The fraction of sp³-hybridized carbons (Fsp3) is 0.455. The van der Waals surface area contributed by atoms with Crippen molar-refractivity contribution < 1.29 is 9.84 Å². The summed E-state index contributed by atoms with van der Waals surface area (Å²) in [6, 6.07) is 0. The molecule has 2 unspecified atom stereocenters. The molecule has 0 radical (unpaired) electrons. The van der Waals surface area contributed by atoms with Crippen LogP contribution in [0.1, 0.15) is 32.6 Å². The Labute approximate surface area is 162 Å². The van der Waals surface area contributed by atoms with E-state index in [9.17, 15) is 5.11 Å². The molecule has 0 fully saturated rings. The number of rotatable bonds is 11. The standard InChI is InChI=1S/C22H31N3O2/c1-5-17-14-25-22(18-8-7-10-23-11-9-18)20(17)15-24-21(26)13-16(3)12-19(6-2)27-4/h6-7,9-11,19,21,24,26H,2-3,5,8,12-15H2,1,4H3. The van der Waals surface area contributed by atoms with Gasteiger partial charge in [0.05, 0.1) is 18.4 Å². The zero-order valence-corrected chi connectivity index (χ0v) is 16.4. The lowest BCUT2D eigenvalue weighted by Crippen LogP contribution is -2.33. The summed E-state index contributed by atoms with van der Waals surface area (Å²) >= 11 is 0. The van der Waals surface area contributed by atoms with Crippen molar-refractivity contribution in [3.05, 3.63) is 59.9 Å². The largest absolute Gasteiger partial charge is 0.378 e. The summed E-state index contributed by atoms with van der Waals surface area (Å²) in [7, 11) is 1.65. The Bertz CT molecular complexity index is 698. The van der Waals surface area contributed by atoms with E-state index in [4.69, 9.17) is 9.73 Å². The van der Waals surface area contributed by atoms with Crippen LogP contribution < -0.4 is 5.32 Å². The third kappa shape index (κ3) is 6.24. The van der Waals surface area contributed by atoms with Crippen LogP contribution in [0, 0.1) is 0 Å². The predicted molar refractivity (Wildman–Crippen MR) is 113 cm³/mol. The SMILES string of the molecule is C=CC(CC(=C)CC(O)NCC1=C(CC)CN=C1C1=CC=NC=CC1)OC. The Morgan fingerprint density at radius 3 is 2.96 bits per heavy atom. The van der Waals surface area contributed by atoms with Crippen LogP contribution in [0.3, 0.4) is 0 Å². The van der Waals surface area contributed by atoms with Gasteiger partial charge in [-0.25, -0.2) is 0 Å². The quantitative estimate of drug-likeness (QED) is 0.433. The van der Waals surface area contributed by atoms with Crippen LogP contribution in [0.4, 0.5) is 0 Å². The van der Waals surface area contributed by atoms with Gasteiger partial charge >= 0.3 is 0 Å². The Morgan fingerprint density at radius 2 is 2.26 bits per heavy atom. The molecule has 2 N–H and O–H groups in total. The molecule has 2 aliphatic heterocycles. The van der Waals surface area contributed by atoms with Crippen molar-refractivity contribution in [1.82, 2.24) is 5.32 Å².